The molecule has 0 spiro atoms. The molecule has 3 aromatic carbocycles. The van der Waals surface area contributed by atoms with E-state index in [0.717, 1.165) is 17.0 Å². The van der Waals surface area contributed by atoms with Crippen LogP contribution in [0.15, 0.2) is 90.1 Å². The van der Waals surface area contributed by atoms with E-state index >= 15 is 0 Å². The second-order valence-electron chi connectivity index (χ2n) is 9.38. The molecular weight excluding hydrogens is 526 g/mol. The quantitative estimate of drug-likeness (QED) is 0.285. The third-order valence-corrected chi connectivity index (χ3v) is 7.62. The molecular formula is C30H31N5O4S. The van der Waals surface area contributed by atoms with Gasteiger partial charge in [-0.15, -0.1) is 10.2 Å². The number of nitrogens with zero attached hydrogens (tertiary/aromatic N) is 5. The highest BCUT2D eigenvalue weighted by molar-refractivity contribution is 7.99. The minimum absolute atomic E-state index is 0.00461. The largest absolute Gasteiger partial charge is 0.497 e. The molecule has 5 rings (SSSR count). The number of ether oxygens (including phenoxy) is 2. The molecule has 0 N–H and O–H groups in total. The summed E-state index contributed by atoms with van der Waals surface area (Å²) in [6.07, 6.45) is 0. The van der Waals surface area contributed by atoms with Crippen LogP contribution in [0.5, 0.6) is 11.5 Å². The van der Waals surface area contributed by atoms with Crippen LogP contribution in [-0.4, -0.2) is 81.5 Å². The van der Waals surface area contributed by atoms with Crippen molar-refractivity contribution >= 4 is 23.6 Å². The fraction of sp³-hybridized carbons (Fsp3) is 0.267. The molecule has 206 valence electrons. The Labute approximate surface area is 237 Å². The van der Waals surface area contributed by atoms with E-state index in [1.165, 1.54) is 11.8 Å². The van der Waals surface area contributed by atoms with Crippen LogP contribution in [0.2, 0.25) is 0 Å². The summed E-state index contributed by atoms with van der Waals surface area (Å²) >= 11 is 1.35. The molecule has 1 unspecified atom stereocenters. The molecule has 2 heterocycles. The number of para-hydroxylation sites is 2. The van der Waals surface area contributed by atoms with Gasteiger partial charge in [-0.1, -0.05) is 60.3 Å². The molecule has 0 saturated carbocycles. The van der Waals surface area contributed by atoms with E-state index < -0.39 is 0 Å². The van der Waals surface area contributed by atoms with Gasteiger partial charge in [0.1, 0.15) is 11.5 Å². The van der Waals surface area contributed by atoms with Crippen molar-refractivity contribution < 1.29 is 19.1 Å². The van der Waals surface area contributed by atoms with Crippen LogP contribution in [0.25, 0.3) is 17.1 Å². The van der Waals surface area contributed by atoms with Gasteiger partial charge in [-0.2, -0.15) is 0 Å². The number of carbonyl (C=O) groups is 2. The second-order valence-corrected chi connectivity index (χ2v) is 10.3. The van der Waals surface area contributed by atoms with Gasteiger partial charge in [0.15, 0.2) is 17.6 Å². The summed E-state index contributed by atoms with van der Waals surface area (Å²) in [6, 6.07) is 26.7. The SMILES string of the molecule is COc1cccc(-c2nnc(SCC(=O)N3CCN(C(=O)COc4ccccc4)C(C)C3)n2-c2ccccc2)c1. The summed E-state index contributed by atoms with van der Waals surface area (Å²) in [5.74, 6) is 2.17. The van der Waals surface area contributed by atoms with E-state index in [0.29, 0.717) is 36.4 Å². The third kappa shape index (κ3) is 6.28. The van der Waals surface area contributed by atoms with Crippen LogP contribution in [0.1, 0.15) is 6.92 Å². The lowest BCUT2D eigenvalue weighted by Gasteiger charge is -2.39. The van der Waals surface area contributed by atoms with Crippen molar-refractivity contribution in [1.29, 1.82) is 0 Å². The van der Waals surface area contributed by atoms with Crippen molar-refractivity contribution in [1.82, 2.24) is 24.6 Å². The number of benzene rings is 3. The van der Waals surface area contributed by atoms with E-state index in [2.05, 4.69) is 10.2 Å². The van der Waals surface area contributed by atoms with Gasteiger partial charge in [0, 0.05) is 36.9 Å². The normalized spacial score (nSPS) is 15.1. The average molecular weight is 558 g/mol. The van der Waals surface area contributed by atoms with Crippen LogP contribution >= 0.6 is 11.8 Å². The fourth-order valence-corrected chi connectivity index (χ4v) is 5.49. The smallest absolute Gasteiger partial charge is 0.260 e. The Morgan fingerprint density at radius 1 is 0.900 bits per heavy atom. The summed E-state index contributed by atoms with van der Waals surface area (Å²) in [4.78, 5) is 29.6. The van der Waals surface area contributed by atoms with E-state index in [1.807, 2.05) is 101 Å². The molecule has 40 heavy (non-hydrogen) atoms. The molecule has 1 atom stereocenters. The predicted molar refractivity (Wildman–Crippen MR) is 154 cm³/mol. The molecule has 10 heteroatoms. The topological polar surface area (TPSA) is 89.8 Å². The van der Waals surface area contributed by atoms with Crippen LogP contribution < -0.4 is 9.47 Å². The average Bonchev–Trinajstić information content (AvgIpc) is 3.43. The first-order valence-corrected chi connectivity index (χ1v) is 14.0. The van der Waals surface area contributed by atoms with Gasteiger partial charge < -0.3 is 19.3 Å². The van der Waals surface area contributed by atoms with Gasteiger partial charge in [0.05, 0.1) is 12.9 Å². The predicted octanol–water partition coefficient (Wildman–Crippen LogP) is 4.17. The number of carbonyl (C=O) groups excluding carboxylic acids is 2. The molecule has 0 radical (unpaired) electrons. The number of thioether (sulfide) groups is 1. The van der Waals surface area contributed by atoms with Crippen molar-refractivity contribution in [2.45, 2.75) is 18.1 Å². The van der Waals surface area contributed by atoms with E-state index in [1.54, 1.807) is 12.0 Å². The molecule has 1 aliphatic rings. The Hall–Kier alpha value is -4.31. The molecule has 2 amide bonds. The lowest BCUT2D eigenvalue weighted by Crippen LogP contribution is -2.56. The molecule has 4 aromatic rings. The zero-order valence-electron chi connectivity index (χ0n) is 22.5. The summed E-state index contributed by atoms with van der Waals surface area (Å²) in [5, 5.41) is 9.52. The third-order valence-electron chi connectivity index (χ3n) is 6.71. The Bertz CT molecular complexity index is 1450. The highest BCUT2D eigenvalue weighted by atomic mass is 32.2. The number of piperazine rings is 1. The lowest BCUT2D eigenvalue weighted by molar-refractivity contribution is -0.142. The molecule has 9 nitrogen and oxygen atoms in total. The van der Waals surface area contributed by atoms with Gasteiger partial charge in [0.25, 0.3) is 5.91 Å². The molecule has 1 fully saturated rings. The number of methoxy groups -OCH3 is 1. The van der Waals surface area contributed by atoms with Crippen LogP contribution in [0, 0.1) is 0 Å². The highest BCUT2D eigenvalue weighted by Gasteiger charge is 2.30. The van der Waals surface area contributed by atoms with Gasteiger partial charge in [-0.25, -0.2) is 0 Å². The van der Waals surface area contributed by atoms with Crippen molar-refractivity contribution in [2.75, 3.05) is 39.1 Å². The first-order chi connectivity index (χ1) is 19.5. The molecule has 0 aliphatic carbocycles. The number of hydrogen-bond donors (Lipinski definition) is 0. The summed E-state index contributed by atoms with van der Waals surface area (Å²) in [5.41, 5.74) is 1.76. The van der Waals surface area contributed by atoms with Gasteiger partial charge in [0.2, 0.25) is 5.91 Å². The number of aromatic nitrogens is 3. The van der Waals surface area contributed by atoms with Gasteiger partial charge >= 0.3 is 0 Å². The molecule has 1 aromatic heterocycles. The number of amides is 2. The maximum absolute atomic E-state index is 13.2. The standard InChI is InChI=1S/C30H31N5O4S/c1-22-19-33(16-17-34(22)27(36)20-39-25-13-7-4-8-14-25)28(37)21-40-30-32-31-29(23-10-9-15-26(18-23)38-2)35(30)24-11-5-3-6-12-24/h3-15,18,22H,16-17,19-21H2,1-2H3. The van der Waals surface area contributed by atoms with Crippen LogP contribution in [0.4, 0.5) is 0 Å². The van der Waals surface area contributed by atoms with Gasteiger partial charge in [-0.3, -0.25) is 14.2 Å². The van der Waals surface area contributed by atoms with Crippen molar-refractivity contribution in [3.63, 3.8) is 0 Å². The maximum Gasteiger partial charge on any atom is 0.260 e. The zero-order chi connectivity index (χ0) is 27.9. The van der Waals surface area contributed by atoms with Gasteiger partial charge in [-0.05, 0) is 43.3 Å². The minimum atomic E-state index is -0.109. The second kappa shape index (κ2) is 12.7. The molecule has 1 saturated heterocycles. The summed E-state index contributed by atoms with van der Waals surface area (Å²) in [7, 11) is 1.63. The summed E-state index contributed by atoms with van der Waals surface area (Å²) in [6.45, 7) is 3.34. The zero-order valence-corrected chi connectivity index (χ0v) is 23.3. The van der Waals surface area contributed by atoms with E-state index in [-0.39, 0.29) is 30.2 Å². The summed E-state index contributed by atoms with van der Waals surface area (Å²) < 4.78 is 13.0. The Morgan fingerprint density at radius 2 is 1.62 bits per heavy atom. The van der Waals surface area contributed by atoms with E-state index in [9.17, 15) is 9.59 Å². The Morgan fingerprint density at radius 3 is 2.35 bits per heavy atom. The van der Waals surface area contributed by atoms with Crippen LogP contribution in [-0.2, 0) is 9.59 Å². The van der Waals surface area contributed by atoms with Crippen molar-refractivity contribution in [2.24, 2.45) is 0 Å². The van der Waals surface area contributed by atoms with Crippen LogP contribution in [0.3, 0.4) is 0 Å². The number of rotatable bonds is 9. The molecule has 0 bridgehead atoms. The highest BCUT2D eigenvalue weighted by Crippen LogP contribution is 2.30. The Kier molecular flexibility index (Phi) is 8.65. The Balaban J connectivity index is 1.23. The lowest BCUT2D eigenvalue weighted by atomic mass is 10.2. The monoisotopic (exact) mass is 557 g/mol. The first kappa shape index (κ1) is 27.3. The van der Waals surface area contributed by atoms with E-state index in [4.69, 9.17) is 9.47 Å². The van der Waals surface area contributed by atoms with Crippen molar-refractivity contribution in [3.8, 4) is 28.6 Å². The molecule has 1 aliphatic heterocycles. The first-order valence-electron chi connectivity index (χ1n) is 13.1. The minimum Gasteiger partial charge on any atom is -0.497 e. The van der Waals surface area contributed by atoms with Crippen molar-refractivity contribution in [3.05, 3.63) is 84.9 Å². The maximum atomic E-state index is 13.2. The fourth-order valence-electron chi connectivity index (χ4n) is 4.64. The number of hydrogen-bond acceptors (Lipinski definition) is 7.